The van der Waals surface area contributed by atoms with E-state index in [1.807, 2.05) is 37.3 Å². The van der Waals surface area contributed by atoms with E-state index < -0.39 is 0 Å². The fourth-order valence-electron chi connectivity index (χ4n) is 3.60. The molecule has 0 bridgehead atoms. The van der Waals surface area contributed by atoms with Crippen molar-refractivity contribution in [1.82, 2.24) is 20.0 Å². The maximum Gasteiger partial charge on any atom is 0.270 e. The third-order valence-corrected chi connectivity index (χ3v) is 5.47. The van der Waals surface area contributed by atoms with E-state index in [0.29, 0.717) is 17.1 Å². The molecule has 0 radical (unpaired) electrons. The SMILES string of the molecule is CCN(CC)CCCC(C)NC(=O)c1cc(-c2ccccc2)nn1-c1ccc(F)cc1. The van der Waals surface area contributed by atoms with Gasteiger partial charge in [0.05, 0.1) is 11.4 Å². The largest absolute Gasteiger partial charge is 0.348 e. The van der Waals surface area contributed by atoms with Crippen molar-refractivity contribution >= 4 is 5.91 Å². The van der Waals surface area contributed by atoms with Crippen molar-refractivity contribution in [1.29, 1.82) is 0 Å². The topological polar surface area (TPSA) is 50.2 Å². The van der Waals surface area contributed by atoms with Crippen LogP contribution in [0.3, 0.4) is 0 Å². The monoisotopic (exact) mass is 422 g/mol. The molecule has 1 heterocycles. The molecule has 0 aliphatic rings. The van der Waals surface area contributed by atoms with Crippen LogP contribution in [0.1, 0.15) is 44.1 Å². The van der Waals surface area contributed by atoms with Gasteiger partial charge in [-0.1, -0.05) is 44.2 Å². The molecule has 1 N–H and O–H groups in total. The smallest absolute Gasteiger partial charge is 0.270 e. The molecule has 0 spiro atoms. The molecule has 0 saturated carbocycles. The Morgan fingerprint density at radius 2 is 1.77 bits per heavy atom. The van der Waals surface area contributed by atoms with Crippen LogP contribution < -0.4 is 5.32 Å². The fourth-order valence-corrected chi connectivity index (χ4v) is 3.60. The van der Waals surface area contributed by atoms with Gasteiger partial charge in [-0.3, -0.25) is 4.79 Å². The van der Waals surface area contributed by atoms with Crippen LogP contribution in [-0.4, -0.2) is 46.3 Å². The van der Waals surface area contributed by atoms with Gasteiger partial charge < -0.3 is 10.2 Å². The molecule has 3 aromatic rings. The molecule has 2 aromatic carbocycles. The standard InChI is InChI=1S/C25H31FN4O/c1-4-29(5-2)17-9-10-19(3)27-25(31)24-18-23(20-11-7-6-8-12-20)28-30(24)22-15-13-21(26)14-16-22/h6-8,11-16,18-19H,4-5,9-10,17H2,1-3H3,(H,27,31). The Labute approximate surface area is 183 Å². The molecule has 164 valence electrons. The summed E-state index contributed by atoms with van der Waals surface area (Å²) in [5, 5.41) is 7.74. The van der Waals surface area contributed by atoms with Crippen molar-refractivity contribution in [2.24, 2.45) is 0 Å². The minimum atomic E-state index is -0.327. The van der Waals surface area contributed by atoms with Crippen LogP contribution in [0.5, 0.6) is 0 Å². The predicted octanol–water partition coefficient (Wildman–Crippen LogP) is 4.92. The van der Waals surface area contributed by atoms with Crippen LogP contribution in [0.2, 0.25) is 0 Å². The molecule has 0 aliphatic heterocycles. The Bertz CT molecular complexity index is 965. The van der Waals surface area contributed by atoms with Crippen molar-refractivity contribution in [3.8, 4) is 16.9 Å². The number of halogens is 1. The highest BCUT2D eigenvalue weighted by molar-refractivity contribution is 5.94. The number of amides is 1. The first-order valence-electron chi connectivity index (χ1n) is 11.0. The Balaban J connectivity index is 1.79. The summed E-state index contributed by atoms with van der Waals surface area (Å²) in [4.78, 5) is 15.5. The first-order chi connectivity index (χ1) is 15.0. The summed E-state index contributed by atoms with van der Waals surface area (Å²) in [7, 11) is 0. The van der Waals surface area contributed by atoms with Gasteiger partial charge in [0.1, 0.15) is 11.5 Å². The van der Waals surface area contributed by atoms with Gasteiger partial charge in [0.2, 0.25) is 0 Å². The number of carbonyl (C=O) groups excluding carboxylic acids is 1. The average molecular weight is 423 g/mol. The summed E-state index contributed by atoms with van der Waals surface area (Å²) in [5.74, 6) is -0.513. The van der Waals surface area contributed by atoms with E-state index in [9.17, 15) is 9.18 Å². The molecule has 1 unspecified atom stereocenters. The lowest BCUT2D eigenvalue weighted by molar-refractivity contribution is 0.0929. The molecule has 1 aromatic heterocycles. The molecule has 0 fully saturated rings. The molecule has 0 saturated heterocycles. The van der Waals surface area contributed by atoms with E-state index in [4.69, 9.17) is 0 Å². The molecule has 0 aliphatic carbocycles. The van der Waals surface area contributed by atoms with Crippen LogP contribution in [0.15, 0.2) is 60.7 Å². The van der Waals surface area contributed by atoms with Gasteiger partial charge >= 0.3 is 0 Å². The van der Waals surface area contributed by atoms with E-state index in [-0.39, 0.29) is 17.8 Å². The zero-order valence-corrected chi connectivity index (χ0v) is 18.5. The molecule has 31 heavy (non-hydrogen) atoms. The van der Waals surface area contributed by atoms with Gasteiger partial charge in [-0.05, 0) is 69.7 Å². The molecule has 6 heteroatoms. The quantitative estimate of drug-likeness (QED) is 0.505. The summed E-state index contributed by atoms with van der Waals surface area (Å²) in [5.41, 5.74) is 2.69. The second-order valence-corrected chi connectivity index (χ2v) is 7.71. The molecular weight excluding hydrogens is 391 g/mol. The van der Waals surface area contributed by atoms with Crippen LogP contribution in [0.4, 0.5) is 4.39 Å². The van der Waals surface area contributed by atoms with Crippen LogP contribution in [-0.2, 0) is 0 Å². The zero-order valence-electron chi connectivity index (χ0n) is 18.5. The Hall–Kier alpha value is -2.99. The molecule has 5 nitrogen and oxygen atoms in total. The van der Waals surface area contributed by atoms with Crippen LogP contribution >= 0.6 is 0 Å². The van der Waals surface area contributed by atoms with Gasteiger partial charge in [0.15, 0.2) is 0 Å². The Kier molecular flexibility index (Phi) is 7.95. The van der Waals surface area contributed by atoms with E-state index in [1.54, 1.807) is 22.9 Å². The number of hydrogen-bond acceptors (Lipinski definition) is 3. The van der Waals surface area contributed by atoms with Gasteiger partial charge in [-0.25, -0.2) is 9.07 Å². The first kappa shape index (κ1) is 22.7. The van der Waals surface area contributed by atoms with E-state index >= 15 is 0 Å². The average Bonchev–Trinajstić information content (AvgIpc) is 3.23. The zero-order chi connectivity index (χ0) is 22.2. The Morgan fingerprint density at radius 1 is 1.10 bits per heavy atom. The number of hydrogen-bond donors (Lipinski definition) is 1. The van der Waals surface area contributed by atoms with Crippen LogP contribution in [0.25, 0.3) is 16.9 Å². The van der Waals surface area contributed by atoms with Crippen molar-refractivity contribution in [3.05, 3.63) is 72.2 Å². The molecule has 1 atom stereocenters. The molecular formula is C25H31FN4O. The second kappa shape index (κ2) is 10.9. The van der Waals surface area contributed by atoms with E-state index in [0.717, 1.165) is 38.0 Å². The van der Waals surface area contributed by atoms with Crippen molar-refractivity contribution in [2.75, 3.05) is 19.6 Å². The number of nitrogens with zero attached hydrogens (tertiary/aromatic N) is 3. The van der Waals surface area contributed by atoms with E-state index in [1.165, 1.54) is 12.1 Å². The lowest BCUT2D eigenvalue weighted by Crippen LogP contribution is -2.34. The lowest BCUT2D eigenvalue weighted by atomic mass is 10.1. The normalized spacial score (nSPS) is 12.2. The minimum absolute atomic E-state index is 0.0415. The summed E-state index contributed by atoms with van der Waals surface area (Å²) in [6.07, 6.45) is 1.92. The second-order valence-electron chi connectivity index (χ2n) is 7.71. The highest BCUT2D eigenvalue weighted by atomic mass is 19.1. The summed E-state index contributed by atoms with van der Waals surface area (Å²) >= 11 is 0. The van der Waals surface area contributed by atoms with Gasteiger partial charge in [-0.15, -0.1) is 0 Å². The highest BCUT2D eigenvalue weighted by Gasteiger charge is 2.19. The number of carbonyl (C=O) groups is 1. The maximum absolute atomic E-state index is 13.4. The summed E-state index contributed by atoms with van der Waals surface area (Å²) in [6.45, 7) is 9.45. The van der Waals surface area contributed by atoms with Crippen molar-refractivity contribution < 1.29 is 9.18 Å². The summed E-state index contributed by atoms with van der Waals surface area (Å²) < 4.78 is 15.0. The minimum Gasteiger partial charge on any atom is -0.348 e. The number of benzene rings is 2. The number of nitrogens with one attached hydrogen (secondary N) is 1. The van der Waals surface area contributed by atoms with Gasteiger partial charge in [-0.2, -0.15) is 5.10 Å². The van der Waals surface area contributed by atoms with Gasteiger partial charge in [0, 0.05) is 11.6 Å². The van der Waals surface area contributed by atoms with Crippen LogP contribution in [0, 0.1) is 5.82 Å². The summed E-state index contributed by atoms with van der Waals surface area (Å²) in [6, 6.07) is 17.5. The third kappa shape index (κ3) is 6.01. The lowest BCUT2D eigenvalue weighted by Gasteiger charge is -2.20. The maximum atomic E-state index is 13.4. The molecule has 3 rings (SSSR count). The van der Waals surface area contributed by atoms with E-state index in [2.05, 4.69) is 29.2 Å². The van der Waals surface area contributed by atoms with Crippen molar-refractivity contribution in [3.63, 3.8) is 0 Å². The highest BCUT2D eigenvalue weighted by Crippen LogP contribution is 2.22. The number of rotatable bonds is 10. The Morgan fingerprint density at radius 3 is 2.42 bits per heavy atom. The van der Waals surface area contributed by atoms with Gasteiger partial charge in [0.25, 0.3) is 5.91 Å². The predicted molar refractivity (Wildman–Crippen MR) is 123 cm³/mol. The fraction of sp³-hybridized carbons (Fsp3) is 0.360. The number of aromatic nitrogens is 2. The third-order valence-electron chi connectivity index (χ3n) is 5.47. The van der Waals surface area contributed by atoms with Crippen molar-refractivity contribution in [2.45, 2.75) is 39.7 Å². The molecule has 1 amide bonds. The first-order valence-corrected chi connectivity index (χ1v) is 11.0.